The lowest BCUT2D eigenvalue weighted by molar-refractivity contribution is -0.137. The van der Waals surface area contributed by atoms with Gasteiger partial charge in [-0.25, -0.2) is 4.98 Å². The molecule has 3 aromatic carbocycles. The standard InChI is InChI=1S/C26H22F3N3O3/c1-3-34-20-13-12-18(23(15-20)35-4-2)16-30-32-24(17-8-7-9-19(14-17)26(27,28)29)31-22-11-6-5-10-21(22)25(32)33/h5-16H,3-4H2,1-2H3. The number of ether oxygens (including phenoxy) is 2. The number of aromatic nitrogens is 2. The summed E-state index contributed by atoms with van der Waals surface area (Å²) >= 11 is 0. The summed E-state index contributed by atoms with van der Waals surface area (Å²) in [7, 11) is 0. The van der Waals surface area contributed by atoms with Crippen LogP contribution in [0.2, 0.25) is 0 Å². The van der Waals surface area contributed by atoms with Crippen LogP contribution in [0.4, 0.5) is 13.2 Å². The van der Waals surface area contributed by atoms with Crippen molar-refractivity contribution in [3.63, 3.8) is 0 Å². The molecule has 0 amide bonds. The normalized spacial score (nSPS) is 11.8. The van der Waals surface area contributed by atoms with Crippen LogP contribution in [0.3, 0.4) is 0 Å². The summed E-state index contributed by atoms with van der Waals surface area (Å²) < 4.78 is 52.2. The largest absolute Gasteiger partial charge is 0.494 e. The van der Waals surface area contributed by atoms with Gasteiger partial charge >= 0.3 is 6.18 Å². The lowest BCUT2D eigenvalue weighted by Gasteiger charge is -2.13. The fourth-order valence-electron chi connectivity index (χ4n) is 3.53. The van der Waals surface area contributed by atoms with E-state index < -0.39 is 17.3 Å². The van der Waals surface area contributed by atoms with Gasteiger partial charge in [0.1, 0.15) is 11.5 Å². The number of para-hydroxylation sites is 1. The van der Waals surface area contributed by atoms with Gasteiger partial charge in [0.15, 0.2) is 5.82 Å². The zero-order valence-corrected chi connectivity index (χ0v) is 19.0. The third-order valence-electron chi connectivity index (χ3n) is 5.11. The van der Waals surface area contributed by atoms with Gasteiger partial charge in [0, 0.05) is 17.2 Å². The molecule has 0 saturated carbocycles. The van der Waals surface area contributed by atoms with Crippen LogP contribution in [-0.4, -0.2) is 29.1 Å². The number of nitrogens with zero attached hydrogens (tertiary/aromatic N) is 3. The molecule has 0 aliphatic heterocycles. The van der Waals surface area contributed by atoms with E-state index in [0.717, 1.165) is 16.8 Å². The van der Waals surface area contributed by atoms with Gasteiger partial charge in [-0.05, 0) is 50.2 Å². The van der Waals surface area contributed by atoms with Gasteiger partial charge in [-0.1, -0.05) is 24.3 Å². The summed E-state index contributed by atoms with van der Waals surface area (Å²) in [4.78, 5) is 17.8. The monoisotopic (exact) mass is 481 g/mol. The Balaban J connectivity index is 1.89. The molecule has 0 spiro atoms. The molecule has 0 radical (unpaired) electrons. The maximum absolute atomic E-state index is 13.3. The van der Waals surface area contributed by atoms with Crippen molar-refractivity contribution in [2.75, 3.05) is 13.2 Å². The zero-order valence-electron chi connectivity index (χ0n) is 19.0. The molecule has 0 aliphatic carbocycles. The van der Waals surface area contributed by atoms with E-state index in [9.17, 15) is 18.0 Å². The van der Waals surface area contributed by atoms with Crippen LogP contribution in [0, 0.1) is 0 Å². The highest BCUT2D eigenvalue weighted by Crippen LogP contribution is 2.32. The van der Waals surface area contributed by atoms with Crippen LogP contribution < -0.4 is 15.0 Å². The minimum atomic E-state index is -4.55. The van der Waals surface area contributed by atoms with E-state index in [4.69, 9.17) is 9.47 Å². The van der Waals surface area contributed by atoms with Crippen molar-refractivity contribution in [1.29, 1.82) is 0 Å². The molecule has 6 nitrogen and oxygen atoms in total. The number of rotatable bonds is 7. The number of fused-ring (bicyclic) bond motifs is 1. The first-order valence-electron chi connectivity index (χ1n) is 10.9. The summed E-state index contributed by atoms with van der Waals surface area (Å²) in [6, 6.07) is 16.4. The second-order valence-electron chi connectivity index (χ2n) is 7.46. The lowest BCUT2D eigenvalue weighted by Crippen LogP contribution is -2.20. The second kappa shape index (κ2) is 10.0. The molecule has 4 rings (SSSR count). The molecule has 180 valence electrons. The highest BCUT2D eigenvalue weighted by Gasteiger charge is 2.31. The fourth-order valence-corrected chi connectivity index (χ4v) is 3.53. The number of hydrogen-bond acceptors (Lipinski definition) is 5. The zero-order chi connectivity index (χ0) is 25.0. The van der Waals surface area contributed by atoms with E-state index >= 15 is 0 Å². The molecule has 1 heterocycles. The fraction of sp³-hybridized carbons (Fsp3) is 0.192. The highest BCUT2D eigenvalue weighted by molar-refractivity contribution is 5.85. The average Bonchev–Trinajstić information content (AvgIpc) is 2.84. The first-order valence-corrected chi connectivity index (χ1v) is 10.9. The summed E-state index contributed by atoms with van der Waals surface area (Å²) in [6.45, 7) is 4.57. The minimum absolute atomic E-state index is 0.0139. The molecule has 0 atom stereocenters. The second-order valence-corrected chi connectivity index (χ2v) is 7.46. The van der Waals surface area contributed by atoms with Gasteiger partial charge in [0.2, 0.25) is 0 Å². The van der Waals surface area contributed by atoms with Gasteiger partial charge in [-0.3, -0.25) is 4.79 Å². The first-order chi connectivity index (χ1) is 16.8. The molecule has 0 N–H and O–H groups in total. The third kappa shape index (κ3) is 5.18. The number of hydrogen-bond donors (Lipinski definition) is 0. The Morgan fingerprint density at radius 2 is 1.74 bits per heavy atom. The van der Waals surface area contributed by atoms with Gasteiger partial charge in [0.25, 0.3) is 5.56 Å². The average molecular weight is 481 g/mol. The SMILES string of the molecule is CCOc1ccc(C=Nn2c(-c3cccc(C(F)(F)F)c3)nc3ccccc3c2=O)c(OCC)c1. The Bertz CT molecular complexity index is 1450. The third-order valence-corrected chi connectivity index (χ3v) is 5.11. The minimum Gasteiger partial charge on any atom is -0.494 e. The van der Waals surface area contributed by atoms with E-state index in [1.54, 1.807) is 42.5 Å². The molecule has 0 aliphatic rings. The molecular weight excluding hydrogens is 459 g/mol. The van der Waals surface area contributed by atoms with E-state index in [2.05, 4.69) is 10.1 Å². The predicted molar refractivity (Wildman–Crippen MR) is 128 cm³/mol. The summed E-state index contributed by atoms with van der Waals surface area (Å²) in [5.74, 6) is 1.09. The summed E-state index contributed by atoms with van der Waals surface area (Å²) in [5.41, 5.74) is -0.337. The van der Waals surface area contributed by atoms with Gasteiger partial charge in [-0.2, -0.15) is 22.9 Å². The van der Waals surface area contributed by atoms with E-state index in [-0.39, 0.29) is 16.8 Å². The summed E-state index contributed by atoms with van der Waals surface area (Å²) in [5, 5.41) is 4.62. The maximum atomic E-state index is 13.3. The van der Waals surface area contributed by atoms with Crippen molar-refractivity contribution in [3.05, 3.63) is 88.2 Å². The maximum Gasteiger partial charge on any atom is 0.416 e. The van der Waals surface area contributed by atoms with Crippen molar-refractivity contribution in [3.8, 4) is 22.9 Å². The Morgan fingerprint density at radius 3 is 2.49 bits per heavy atom. The number of halogens is 3. The smallest absolute Gasteiger partial charge is 0.416 e. The molecule has 0 fully saturated rings. The quantitative estimate of drug-likeness (QED) is 0.315. The summed E-state index contributed by atoms with van der Waals surface area (Å²) in [6.07, 6.45) is -3.13. The van der Waals surface area contributed by atoms with Crippen LogP contribution in [0.5, 0.6) is 11.5 Å². The Labute approximate surface area is 199 Å². The number of alkyl halides is 3. The predicted octanol–water partition coefficient (Wildman–Crippen LogP) is 5.76. The highest BCUT2D eigenvalue weighted by atomic mass is 19.4. The lowest BCUT2D eigenvalue weighted by atomic mass is 10.1. The van der Waals surface area contributed by atoms with Crippen molar-refractivity contribution in [2.24, 2.45) is 5.10 Å². The Hall–Kier alpha value is -4.14. The van der Waals surface area contributed by atoms with Crippen LogP contribution in [0.1, 0.15) is 25.0 Å². The molecule has 35 heavy (non-hydrogen) atoms. The molecule has 9 heteroatoms. The van der Waals surface area contributed by atoms with Crippen molar-refractivity contribution < 1.29 is 22.6 Å². The topological polar surface area (TPSA) is 65.7 Å². The van der Waals surface area contributed by atoms with Crippen molar-refractivity contribution in [1.82, 2.24) is 9.66 Å². The molecule has 0 unspecified atom stereocenters. The molecule has 0 saturated heterocycles. The first kappa shape index (κ1) is 24.0. The number of benzene rings is 3. The van der Waals surface area contributed by atoms with E-state index in [0.29, 0.717) is 35.8 Å². The van der Waals surface area contributed by atoms with Gasteiger partial charge < -0.3 is 9.47 Å². The van der Waals surface area contributed by atoms with Gasteiger partial charge in [-0.15, -0.1) is 0 Å². The van der Waals surface area contributed by atoms with Crippen LogP contribution >= 0.6 is 0 Å². The molecule has 1 aromatic heterocycles. The van der Waals surface area contributed by atoms with Gasteiger partial charge in [0.05, 0.1) is 35.9 Å². The Morgan fingerprint density at radius 1 is 0.971 bits per heavy atom. The Kier molecular flexibility index (Phi) is 6.86. The van der Waals surface area contributed by atoms with E-state index in [1.807, 2.05) is 13.8 Å². The van der Waals surface area contributed by atoms with Crippen LogP contribution in [0.15, 0.2) is 76.6 Å². The van der Waals surface area contributed by atoms with Crippen molar-refractivity contribution >= 4 is 17.1 Å². The molecule has 0 bridgehead atoms. The van der Waals surface area contributed by atoms with Crippen molar-refractivity contribution in [2.45, 2.75) is 20.0 Å². The molecular formula is C26H22F3N3O3. The van der Waals surface area contributed by atoms with Crippen LogP contribution in [0.25, 0.3) is 22.3 Å². The van der Waals surface area contributed by atoms with Crippen LogP contribution in [-0.2, 0) is 6.18 Å². The molecule has 4 aromatic rings. The van der Waals surface area contributed by atoms with E-state index in [1.165, 1.54) is 18.3 Å².